The summed E-state index contributed by atoms with van der Waals surface area (Å²) in [6, 6.07) is 0. The zero-order valence-corrected chi connectivity index (χ0v) is 4.81. The van der Waals surface area contributed by atoms with Crippen LogP contribution in [-0.4, -0.2) is 137 Å². The Morgan fingerprint density at radius 3 is 2.00 bits per heavy atom. The minimum absolute atomic E-state index is 0. The minimum atomic E-state index is -0.349. The molecule has 0 aliphatic heterocycles. The van der Waals surface area contributed by atoms with Crippen LogP contribution in [0.4, 0.5) is 0 Å². The number of rotatable bonds is 3. The summed E-state index contributed by atoms with van der Waals surface area (Å²) in [7, 11) is 0. The third kappa shape index (κ3) is 29.2. The topological polar surface area (TPSA) is 64.3 Å². The summed E-state index contributed by atoms with van der Waals surface area (Å²) in [5, 5.41) is 0. The predicted octanol–water partition coefficient (Wildman–Crippen LogP) is -3.58. The first kappa shape index (κ1) is 29.5. The van der Waals surface area contributed by atoms with E-state index >= 15 is 0 Å². The molecule has 0 saturated heterocycles. The van der Waals surface area contributed by atoms with Crippen LogP contribution in [0.15, 0.2) is 0 Å². The molecular weight excluding hydrogens is 200 g/mol. The van der Waals surface area contributed by atoms with Gasteiger partial charge in [-0.15, -0.1) is 0 Å². The van der Waals surface area contributed by atoms with Crippen LogP contribution in [0.5, 0.6) is 0 Å². The maximum atomic E-state index is 9.99. The molecule has 12 heavy (non-hydrogen) atoms. The molecule has 0 rings (SSSR count). The molecule has 0 radical (unpaired) electrons. The van der Waals surface area contributed by atoms with Gasteiger partial charge in [0.1, 0.15) is 0 Å². The van der Waals surface area contributed by atoms with Crippen LogP contribution in [0.3, 0.4) is 0 Å². The van der Waals surface area contributed by atoms with E-state index in [9.17, 15) is 4.79 Å². The van der Waals surface area contributed by atoms with Crippen molar-refractivity contribution in [2.75, 3.05) is 13.1 Å². The van der Waals surface area contributed by atoms with Crippen LogP contribution >= 0.6 is 0 Å². The molecule has 8 heteroatoms. The van der Waals surface area contributed by atoms with Crippen molar-refractivity contribution in [3.63, 3.8) is 0 Å². The third-order valence-corrected chi connectivity index (χ3v) is 0.462. The van der Waals surface area contributed by atoms with Crippen molar-refractivity contribution in [2.45, 2.75) is 6.92 Å². The number of nitrogens with one attached hydrogen (secondary N) is 1. The van der Waals surface area contributed by atoms with E-state index in [1.54, 1.807) is 0 Å². The van der Waals surface area contributed by atoms with Gasteiger partial charge in [0.05, 0.1) is 0 Å². The Hall–Kier alpha value is 3.39. The molecule has 0 fully saturated rings. The number of carbonyl (C=O) groups excluding carboxylic acids is 1. The van der Waals surface area contributed by atoms with E-state index in [1.807, 2.05) is 0 Å². The molecular formula is C4H14N2Na4O2. The van der Waals surface area contributed by atoms with E-state index in [0.717, 1.165) is 0 Å². The van der Waals surface area contributed by atoms with Gasteiger partial charge >= 0.3 is 124 Å². The molecule has 0 atom stereocenters. The molecule has 0 saturated carbocycles. The molecule has 0 aromatic carbocycles. The van der Waals surface area contributed by atoms with Gasteiger partial charge < -0.3 is 10.6 Å². The summed E-state index contributed by atoms with van der Waals surface area (Å²) < 4.78 is 0. The van der Waals surface area contributed by atoms with E-state index in [4.69, 9.17) is 5.73 Å². The first-order chi connectivity index (χ1) is 3.77. The fourth-order valence-electron chi connectivity index (χ4n) is 0.212. The Morgan fingerprint density at radius 2 is 1.75 bits per heavy atom. The zero-order chi connectivity index (χ0) is 6.41. The quantitative estimate of drug-likeness (QED) is 0.290. The van der Waals surface area contributed by atoms with Crippen molar-refractivity contribution in [1.82, 2.24) is 5.48 Å². The van der Waals surface area contributed by atoms with E-state index in [0.29, 0.717) is 13.1 Å². The van der Waals surface area contributed by atoms with Gasteiger partial charge in [0, 0.05) is 20.0 Å². The Kier molecular flexibility index (Phi) is 58.8. The van der Waals surface area contributed by atoms with Gasteiger partial charge in [0.25, 0.3) is 0 Å². The molecule has 0 amide bonds. The van der Waals surface area contributed by atoms with Gasteiger partial charge in [-0.25, -0.2) is 0 Å². The molecule has 4 nitrogen and oxygen atoms in total. The monoisotopic (exact) mass is 214 g/mol. The first-order valence-electron chi connectivity index (χ1n) is 2.37. The van der Waals surface area contributed by atoms with Crippen molar-refractivity contribution >= 4 is 124 Å². The van der Waals surface area contributed by atoms with Crippen molar-refractivity contribution in [3.8, 4) is 0 Å². The third-order valence-electron chi connectivity index (χ3n) is 0.462. The second-order valence-corrected chi connectivity index (χ2v) is 1.28. The van der Waals surface area contributed by atoms with Crippen molar-refractivity contribution in [2.24, 2.45) is 5.73 Å². The second kappa shape index (κ2) is 23.9. The van der Waals surface area contributed by atoms with Gasteiger partial charge in [-0.2, -0.15) is 5.48 Å². The maximum absolute atomic E-state index is 9.99. The molecule has 0 aliphatic rings. The molecule has 3 N–H and O–H groups in total. The van der Waals surface area contributed by atoms with Crippen LogP contribution in [0.2, 0.25) is 0 Å². The van der Waals surface area contributed by atoms with Crippen molar-refractivity contribution in [1.29, 1.82) is 0 Å². The molecule has 0 spiro atoms. The average molecular weight is 214 g/mol. The van der Waals surface area contributed by atoms with Crippen LogP contribution in [0.1, 0.15) is 6.92 Å². The van der Waals surface area contributed by atoms with Crippen LogP contribution < -0.4 is 11.2 Å². The van der Waals surface area contributed by atoms with E-state index < -0.39 is 0 Å². The number of hydrogen-bond donors (Lipinski definition) is 2. The summed E-state index contributed by atoms with van der Waals surface area (Å²) >= 11 is 0. The van der Waals surface area contributed by atoms with Gasteiger partial charge in [-0.05, 0) is 0 Å². The molecule has 0 unspecified atom stereocenters. The first-order valence-corrected chi connectivity index (χ1v) is 2.37. The van der Waals surface area contributed by atoms with Gasteiger partial charge in [0.15, 0.2) is 0 Å². The Balaban J connectivity index is -0.0000000408. The van der Waals surface area contributed by atoms with Gasteiger partial charge in [-0.1, -0.05) is 0 Å². The number of nitrogens with two attached hydrogens (primary N) is 1. The molecule has 0 aromatic rings. The summed E-state index contributed by atoms with van der Waals surface area (Å²) in [5.74, 6) is -0.349. The standard InChI is InChI=1S/C4H10N2O2.4Na.4H/c1-4(7)8-6-3-2-5;;;;;;;;/h6H,2-3,5H2,1H3;;;;;;;;. The fourth-order valence-corrected chi connectivity index (χ4v) is 0.212. The van der Waals surface area contributed by atoms with Crippen molar-refractivity contribution in [3.05, 3.63) is 0 Å². The van der Waals surface area contributed by atoms with Crippen molar-refractivity contribution < 1.29 is 9.63 Å². The molecule has 0 bridgehead atoms. The van der Waals surface area contributed by atoms with Crippen LogP contribution in [0, 0.1) is 0 Å². The number of hydroxylamine groups is 1. The molecule has 0 heterocycles. The summed E-state index contributed by atoms with van der Waals surface area (Å²) in [5.41, 5.74) is 7.42. The number of carbonyl (C=O) groups is 1. The van der Waals surface area contributed by atoms with E-state index in [1.165, 1.54) is 6.92 Å². The Labute approximate surface area is 162 Å². The molecule has 0 aromatic heterocycles. The Bertz CT molecular complexity index is 85.5. The Morgan fingerprint density at radius 1 is 1.33 bits per heavy atom. The normalized spacial score (nSPS) is 5.83. The summed E-state index contributed by atoms with van der Waals surface area (Å²) in [6.45, 7) is 2.29. The predicted molar refractivity (Wildman–Crippen MR) is 57.4 cm³/mol. The fraction of sp³-hybridized carbons (Fsp3) is 0.750. The zero-order valence-electron chi connectivity index (χ0n) is 4.81. The van der Waals surface area contributed by atoms with Gasteiger partial charge in [-0.3, -0.25) is 4.79 Å². The second-order valence-electron chi connectivity index (χ2n) is 1.28. The van der Waals surface area contributed by atoms with Crippen LogP contribution in [0.25, 0.3) is 0 Å². The van der Waals surface area contributed by atoms with Crippen LogP contribution in [-0.2, 0) is 9.63 Å². The SMILES string of the molecule is CC(=O)ONCCN.[NaH].[NaH].[NaH].[NaH]. The molecule has 0 aliphatic carbocycles. The van der Waals surface area contributed by atoms with E-state index in [2.05, 4.69) is 10.3 Å². The summed E-state index contributed by atoms with van der Waals surface area (Å²) in [4.78, 5) is 14.3. The molecule has 56 valence electrons. The van der Waals surface area contributed by atoms with Gasteiger partial charge in [0.2, 0.25) is 0 Å². The summed E-state index contributed by atoms with van der Waals surface area (Å²) in [6.07, 6.45) is 0. The number of hydrogen-bond acceptors (Lipinski definition) is 4. The average Bonchev–Trinajstić information content (AvgIpc) is 1.66. The van der Waals surface area contributed by atoms with E-state index in [-0.39, 0.29) is 124 Å².